The standard InChI is InChI=1S/C30H24N2O6S/c1-15-4-10-21-23(12-15)39-30(31-21)32-25(17-5-7-18(8-6-17)29(36)37-3)24(27(34)28(32)35)26(33)19-9-11-22-20(14-19)13-16(2)38-22/h4-12,14,16,25,33H,13H2,1-3H3/b26-24+/t16-,25-/m0/s1. The summed E-state index contributed by atoms with van der Waals surface area (Å²) >= 11 is 1.30. The van der Waals surface area contributed by atoms with Gasteiger partial charge < -0.3 is 14.6 Å². The number of esters is 1. The van der Waals surface area contributed by atoms with Gasteiger partial charge in [-0.15, -0.1) is 0 Å². The lowest BCUT2D eigenvalue weighted by molar-refractivity contribution is -0.132. The number of benzene rings is 3. The molecular formula is C30H24N2O6S. The number of carbonyl (C=O) groups is 3. The number of aliphatic hydroxyl groups is 1. The maximum Gasteiger partial charge on any atom is 0.337 e. The Kier molecular flexibility index (Phi) is 5.95. The number of thiazole rings is 1. The second-order valence-electron chi connectivity index (χ2n) is 9.71. The Labute approximate surface area is 228 Å². The van der Waals surface area contributed by atoms with Crippen molar-refractivity contribution < 1.29 is 29.0 Å². The van der Waals surface area contributed by atoms with E-state index in [0.717, 1.165) is 21.6 Å². The number of fused-ring (bicyclic) bond motifs is 2. The minimum absolute atomic E-state index is 0.0129. The Bertz CT molecular complexity index is 1700. The minimum Gasteiger partial charge on any atom is -0.507 e. The number of ether oxygens (including phenoxy) is 2. The lowest BCUT2D eigenvalue weighted by Crippen LogP contribution is -2.29. The number of hydrogen-bond donors (Lipinski definition) is 1. The number of Topliss-reactive ketones (excluding diaryl/α,β-unsaturated/α-hetero) is 1. The number of hydrogen-bond acceptors (Lipinski definition) is 8. The average molecular weight is 541 g/mol. The summed E-state index contributed by atoms with van der Waals surface area (Å²) in [7, 11) is 1.29. The highest BCUT2D eigenvalue weighted by molar-refractivity contribution is 7.22. The van der Waals surface area contributed by atoms with E-state index in [-0.39, 0.29) is 17.4 Å². The summed E-state index contributed by atoms with van der Waals surface area (Å²) in [6.07, 6.45) is 0.688. The number of ketones is 1. The first-order valence-corrected chi connectivity index (χ1v) is 13.2. The van der Waals surface area contributed by atoms with Gasteiger partial charge in [-0.2, -0.15) is 0 Å². The fraction of sp³-hybridized carbons (Fsp3) is 0.200. The van der Waals surface area contributed by atoms with Gasteiger partial charge in [0.15, 0.2) is 5.13 Å². The zero-order valence-electron chi connectivity index (χ0n) is 21.4. The van der Waals surface area contributed by atoms with E-state index in [2.05, 4.69) is 4.98 Å². The largest absolute Gasteiger partial charge is 0.507 e. The van der Waals surface area contributed by atoms with Crippen molar-refractivity contribution in [3.8, 4) is 5.75 Å². The normalized spacial score (nSPS) is 19.8. The van der Waals surface area contributed by atoms with E-state index >= 15 is 0 Å². The Balaban J connectivity index is 1.52. The van der Waals surface area contributed by atoms with Crippen molar-refractivity contribution in [2.24, 2.45) is 0 Å². The maximum absolute atomic E-state index is 13.5. The molecule has 0 radical (unpaired) electrons. The van der Waals surface area contributed by atoms with Gasteiger partial charge in [0.05, 0.1) is 34.5 Å². The zero-order chi connectivity index (χ0) is 27.4. The summed E-state index contributed by atoms with van der Waals surface area (Å²) in [5.41, 5.74) is 3.90. The van der Waals surface area contributed by atoms with E-state index in [1.165, 1.54) is 23.3 Å². The van der Waals surface area contributed by atoms with Crippen LogP contribution in [0.4, 0.5) is 5.13 Å². The molecule has 196 valence electrons. The Morgan fingerprint density at radius 1 is 1.08 bits per heavy atom. The summed E-state index contributed by atoms with van der Waals surface area (Å²) in [5, 5.41) is 11.8. The molecule has 1 N–H and O–H groups in total. The monoisotopic (exact) mass is 540 g/mol. The van der Waals surface area contributed by atoms with Crippen molar-refractivity contribution in [3.05, 3.63) is 94.1 Å². The molecule has 2 aliphatic rings. The Morgan fingerprint density at radius 2 is 1.82 bits per heavy atom. The number of aliphatic hydroxyl groups excluding tert-OH is 1. The molecule has 0 bridgehead atoms. The fourth-order valence-electron chi connectivity index (χ4n) is 5.11. The molecule has 4 aromatic rings. The molecule has 2 atom stereocenters. The van der Waals surface area contributed by atoms with Gasteiger partial charge in [0.25, 0.3) is 5.78 Å². The first-order valence-electron chi connectivity index (χ1n) is 12.4. The second kappa shape index (κ2) is 9.36. The van der Waals surface area contributed by atoms with Crippen LogP contribution in [0.25, 0.3) is 16.0 Å². The number of rotatable bonds is 4. The van der Waals surface area contributed by atoms with Crippen LogP contribution in [-0.4, -0.2) is 41.0 Å². The quantitative estimate of drug-likeness (QED) is 0.161. The highest BCUT2D eigenvalue weighted by Gasteiger charge is 2.48. The van der Waals surface area contributed by atoms with Gasteiger partial charge in [-0.3, -0.25) is 14.5 Å². The predicted molar refractivity (Wildman–Crippen MR) is 147 cm³/mol. The number of nitrogens with zero attached hydrogens (tertiary/aromatic N) is 2. The number of aryl methyl sites for hydroxylation is 1. The van der Waals surface area contributed by atoms with Crippen molar-refractivity contribution >= 4 is 50.1 Å². The fourth-order valence-corrected chi connectivity index (χ4v) is 6.20. The molecule has 8 nitrogen and oxygen atoms in total. The smallest absolute Gasteiger partial charge is 0.337 e. The molecule has 0 unspecified atom stereocenters. The van der Waals surface area contributed by atoms with Crippen LogP contribution in [0.5, 0.6) is 5.75 Å². The number of amides is 1. The predicted octanol–water partition coefficient (Wildman–Crippen LogP) is 5.34. The lowest BCUT2D eigenvalue weighted by atomic mass is 9.94. The number of anilines is 1. The van der Waals surface area contributed by atoms with E-state index in [4.69, 9.17) is 9.47 Å². The third-order valence-electron chi connectivity index (χ3n) is 7.00. The van der Waals surface area contributed by atoms with Gasteiger partial charge in [-0.05, 0) is 73.0 Å². The molecule has 1 amide bonds. The molecular weight excluding hydrogens is 516 g/mol. The van der Waals surface area contributed by atoms with Crippen LogP contribution < -0.4 is 9.64 Å². The highest BCUT2D eigenvalue weighted by atomic mass is 32.1. The van der Waals surface area contributed by atoms with Crippen LogP contribution in [0.2, 0.25) is 0 Å². The second-order valence-corrected chi connectivity index (χ2v) is 10.7. The van der Waals surface area contributed by atoms with Gasteiger partial charge in [-0.25, -0.2) is 9.78 Å². The SMILES string of the molecule is COC(=O)c1ccc([C@H]2/C(=C(\O)c3ccc4c(c3)C[C@H](C)O4)C(=O)C(=O)N2c2nc3ccc(C)cc3s2)cc1. The molecule has 0 spiro atoms. The molecule has 6 rings (SSSR count). The maximum atomic E-state index is 13.5. The molecule has 1 fully saturated rings. The molecule has 1 saturated heterocycles. The molecule has 3 aromatic carbocycles. The van der Waals surface area contributed by atoms with Crippen LogP contribution in [-0.2, 0) is 20.7 Å². The van der Waals surface area contributed by atoms with E-state index < -0.39 is 23.7 Å². The third kappa shape index (κ3) is 4.15. The minimum atomic E-state index is -0.957. The van der Waals surface area contributed by atoms with Crippen LogP contribution in [0.3, 0.4) is 0 Å². The summed E-state index contributed by atoms with van der Waals surface area (Å²) in [5.74, 6) is -1.65. The summed E-state index contributed by atoms with van der Waals surface area (Å²) < 4.78 is 11.5. The van der Waals surface area contributed by atoms with Gasteiger partial charge in [0.1, 0.15) is 17.6 Å². The van der Waals surface area contributed by atoms with Crippen LogP contribution in [0, 0.1) is 6.92 Å². The summed E-state index contributed by atoms with van der Waals surface area (Å²) in [6, 6.07) is 16.5. The number of carbonyl (C=O) groups excluding carboxylic acids is 3. The van der Waals surface area contributed by atoms with E-state index in [0.29, 0.717) is 33.8 Å². The van der Waals surface area contributed by atoms with Crippen molar-refractivity contribution in [1.29, 1.82) is 0 Å². The molecule has 1 aromatic heterocycles. The van der Waals surface area contributed by atoms with Crippen LogP contribution in [0.15, 0.2) is 66.2 Å². The molecule has 3 heterocycles. The molecule has 0 saturated carbocycles. The average Bonchev–Trinajstić information content (AvgIpc) is 3.59. The first kappa shape index (κ1) is 24.8. The number of aromatic nitrogens is 1. The molecule has 0 aliphatic carbocycles. The topological polar surface area (TPSA) is 106 Å². The number of methoxy groups -OCH3 is 1. The van der Waals surface area contributed by atoms with Crippen LogP contribution in [0.1, 0.15) is 45.6 Å². The Hall–Kier alpha value is -4.50. The highest BCUT2D eigenvalue weighted by Crippen LogP contribution is 2.45. The Morgan fingerprint density at radius 3 is 2.56 bits per heavy atom. The molecule has 39 heavy (non-hydrogen) atoms. The van der Waals surface area contributed by atoms with Crippen molar-refractivity contribution in [1.82, 2.24) is 4.98 Å². The zero-order valence-corrected chi connectivity index (χ0v) is 22.2. The van der Waals surface area contributed by atoms with Crippen molar-refractivity contribution in [3.63, 3.8) is 0 Å². The summed E-state index contributed by atoms with van der Waals surface area (Å²) in [4.78, 5) is 45.1. The van der Waals surface area contributed by atoms with Crippen molar-refractivity contribution in [2.45, 2.75) is 32.4 Å². The van der Waals surface area contributed by atoms with Gasteiger partial charge in [0.2, 0.25) is 0 Å². The van der Waals surface area contributed by atoms with Gasteiger partial charge in [-0.1, -0.05) is 29.5 Å². The van der Waals surface area contributed by atoms with E-state index in [1.807, 2.05) is 32.0 Å². The van der Waals surface area contributed by atoms with Crippen molar-refractivity contribution in [2.75, 3.05) is 12.0 Å². The summed E-state index contributed by atoms with van der Waals surface area (Å²) in [6.45, 7) is 3.93. The van der Waals surface area contributed by atoms with Gasteiger partial charge in [0, 0.05) is 12.0 Å². The van der Waals surface area contributed by atoms with Crippen LogP contribution >= 0.6 is 11.3 Å². The van der Waals surface area contributed by atoms with Gasteiger partial charge >= 0.3 is 11.9 Å². The van der Waals surface area contributed by atoms with E-state index in [1.54, 1.807) is 42.5 Å². The molecule has 9 heteroatoms. The molecule has 2 aliphatic heterocycles. The van der Waals surface area contributed by atoms with E-state index in [9.17, 15) is 19.5 Å². The lowest BCUT2D eigenvalue weighted by Gasteiger charge is -2.23. The third-order valence-corrected chi connectivity index (χ3v) is 8.02. The first-order chi connectivity index (χ1) is 18.7.